The molecule has 0 radical (unpaired) electrons. The standard InChI is InChI=1S/C12H11Cl2NO/c1-2-3-8-6-11(16)12-9(14)4-7(13)5-10(12)15-8/h4-6H,2-3H2,1H3,(H,15,16). The highest BCUT2D eigenvalue weighted by Gasteiger charge is 2.07. The van der Waals surface area contributed by atoms with E-state index < -0.39 is 0 Å². The zero-order valence-electron chi connectivity index (χ0n) is 8.81. The van der Waals surface area contributed by atoms with Crippen LogP contribution < -0.4 is 5.43 Å². The highest BCUT2D eigenvalue weighted by molar-refractivity contribution is 6.38. The molecular formula is C12H11Cl2NO. The number of aromatic amines is 1. The van der Waals surface area contributed by atoms with E-state index in [2.05, 4.69) is 11.9 Å². The first-order valence-corrected chi connectivity index (χ1v) is 5.88. The second-order valence-corrected chi connectivity index (χ2v) is 4.56. The van der Waals surface area contributed by atoms with Crippen molar-refractivity contribution in [2.75, 3.05) is 0 Å². The van der Waals surface area contributed by atoms with Gasteiger partial charge < -0.3 is 4.98 Å². The Labute approximate surface area is 103 Å². The zero-order valence-corrected chi connectivity index (χ0v) is 10.3. The summed E-state index contributed by atoms with van der Waals surface area (Å²) in [5.74, 6) is 0. The van der Waals surface area contributed by atoms with E-state index >= 15 is 0 Å². The van der Waals surface area contributed by atoms with Crippen LogP contribution in [0.15, 0.2) is 23.0 Å². The normalized spacial score (nSPS) is 10.9. The Bertz CT molecular complexity index is 589. The number of aromatic nitrogens is 1. The molecule has 1 aromatic carbocycles. The van der Waals surface area contributed by atoms with Crippen molar-refractivity contribution in [2.24, 2.45) is 0 Å². The summed E-state index contributed by atoms with van der Waals surface area (Å²) in [7, 11) is 0. The molecule has 0 aliphatic carbocycles. The highest BCUT2D eigenvalue weighted by Crippen LogP contribution is 2.24. The summed E-state index contributed by atoms with van der Waals surface area (Å²) < 4.78 is 0. The summed E-state index contributed by atoms with van der Waals surface area (Å²) in [6.45, 7) is 2.06. The van der Waals surface area contributed by atoms with Crippen LogP contribution in [0, 0.1) is 0 Å². The Kier molecular flexibility index (Phi) is 3.22. The number of fused-ring (bicyclic) bond motifs is 1. The molecule has 0 unspecified atom stereocenters. The van der Waals surface area contributed by atoms with Gasteiger partial charge in [-0.15, -0.1) is 0 Å². The van der Waals surface area contributed by atoms with Gasteiger partial charge >= 0.3 is 0 Å². The fraction of sp³-hybridized carbons (Fsp3) is 0.250. The quantitative estimate of drug-likeness (QED) is 0.871. The third-order valence-corrected chi connectivity index (χ3v) is 2.94. The van der Waals surface area contributed by atoms with Gasteiger partial charge in [-0.2, -0.15) is 0 Å². The number of pyridine rings is 1. The topological polar surface area (TPSA) is 32.9 Å². The maximum atomic E-state index is 11.9. The van der Waals surface area contributed by atoms with Crippen molar-refractivity contribution in [2.45, 2.75) is 19.8 Å². The molecule has 2 rings (SSSR count). The highest BCUT2D eigenvalue weighted by atomic mass is 35.5. The number of benzene rings is 1. The number of nitrogens with one attached hydrogen (secondary N) is 1. The summed E-state index contributed by atoms with van der Waals surface area (Å²) in [6, 6.07) is 4.91. The van der Waals surface area contributed by atoms with E-state index in [0.717, 1.165) is 18.5 Å². The number of hydrogen-bond donors (Lipinski definition) is 1. The summed E-state index contributed by atoms with van der Waals surface area (Å²) in [6.07, 6.45) is 1.82. The zero-order chi connectivity index (χ0) is 11.7. The van der Waals surface area contributed by atoms with E-state index in [4.69, 9.17) is 23.2 Å². The Morgan fingerprint density at radius 2 is 2.00 bits per heavy atom. The molecule has 0 aliphatic heterocycles. The lowest BCUT2D eigenvalue weighted by Crippen LogP contribution is -2.05. The number of rotatable bonds is 2. The van der Waals surface area contributed by atoms with Crippen molar-refractivity contribution in [3.05, 3.63) is 44.2 Å². The SMILES string of the molecule is CCCc1cc(=O)c2c(Cl)cc(Cl)cc2[nH]1. The van der Waals surface area contributed by atoms with Gasteiger partial charge in [0.25, 0.3) is 0 Å². The first kappa shape index (κ1) is 11.5. The Hall–Kier alpha value is -0.990. The molecule has 0 atom stereocenters. The smallest absolute Gasteiger partial charge is 0.191 e. The van der Waals surface area contributed by atoms with Crippen molar-refractivity contribution in [1.29, 1.82) is 0 Å². The fourth-order valence-electron chi connectivity index (χ4n) is 1.77. The lowest BCUT2D eigenvalue weighted by molar-refractivity contribution is 0.888. The summed E-state index contributed by atoms with van der Waals surface area (Å²) in [4.78, 5) is 15.0. The van der Waals surface area contributed by atoms with Crippen molar-refractivity contribution in [3.63, 3.8) is 0 Å². The molecule has 0 bridgehead atoms. The van der Waals surface area contributed by atoms with Gasteiger partial charge in [0, 0.05) is 16.8 Å². The third-order valence-electron chi connectivity index (χ3n) is 2.42. The van der Waals surface area contributed by atoms with Crippen LogP contribution in [-0.2, 0) is 6.42 Å². The molecule has 1 heterocycles. The van der Waals surface area contributed by atoms with Crippen LogP contribution in [0.25, 0.3) is 10.9 Å². The summed E-state index contributed by atoms with van der Waals surface area (Å²) in [5.41, 5.74) is 1.56. The Morgan fingerprint density at radius 3 is 2.69 bits per heavy atom. The number of halogens is 2. The van der Waals surface area contributed by atoms with Gasteiger partial charge in [-0.3, -0.25) is 4.79 Å². The van der Waals surface area contributed by atoms with Crippen LogP contribution in [0.1, 0.15) is 19.0 Å². The monoisotopic (exact) mass is 255 g/mol. The molecule has 16 heavy (non-hydrogen) atoms. The van der Waals surface area contributed by atoms with Gasteiger partial charge in [-0.05, 0) is 18.6 Å². The molecule has 0 amide bonds. The maximum Gasteiger partial charge on any atom is 0.191 e. The average Bonchev–Trinajstić information content (AvgIpc) is 2.15. The maximum absolute atomic E-state index is 11.9. The van der Waals surface area contributed by atoms with Crippen LogP contribution in [-0.4, -0.2) is 4.98 Å². The van der Waals surface area contributed by atoms with Gasteiger partial charge in [0.05, 0.1) is 15.9 Å². The number of aryl methyl sites for hydroxylation is 1. The molecule has 84 valence electrons. The van der Waals surface area contributed by atoms with E-state index in [9.17, 15) is 4.79 Å². The van der Waals surface area contributed by atoms with Crippen molar-refractivity contribution in [1.82, 2.24) is 4.98 Å². The minimum atomic E-state index is -0.0566. The lowest BCUT2D eigenvalue weighted by Gasteiger charge is -2.05. The second-order valence-electron chi connectivity index (χ2n) is 3.72. The molecule has 0 saturated carbocycles. The third kappa shape index (κ3) is 2.08. The van der Waals surface area contributed by atoms with Crippen molar-refractivity contribution in [3.8, 4) is 0 Å². The first-order chi connectivity index (χ1) is 7.61. The van der Waals surface area contributed by atoms with E-state index in [1.54, 1.807) is 18.2 Å². The van der Waals surface area contributed by atoms with Crippen molar-refractivity contribution >= 4 is 34.1 Å². The molecule has 0 fully saturated rings. The number of H-pyrrole nitrogens is 1. The molecule has 0 aliphatic rings. The van der Waals surface area contributed by atoms with E-state index in [-0.39, 0.29) is 5.43 Å². The number of hydrogen-bond acceptors (Lipinski definition) is 1. The predicted octanol–water partition coefficient (Wildman–Crippen LogP) is 3.79. The largest absolute Gasteiger partial charge is 0.358 e. The van der Waals surface area contributed by atoms with Crippen LogP contribution in [0.3, 0.4) is 0 Å². The molecule has 0 spiro atoms. The minimum Gasteiger partial charge on any atom is -0.358 e. The molecule has 1 N–H and O–H groups in total. The van der Waals surface area contributed by atoms with Gasteiger partial charge in [-0.1, -0.05) is 36.5 Å². The molecule has 1 aromatic heterocycles. The Morgan fingerprint density at radius 1 is 1.25 bits per heavy atom. The van der Waals surface area contributed by atoms with Crippen molar-refractivity contribution < 1.29 is 0 Å². The van der Waals surface area contributed by atoms with Gasteiger partial charge in [0.2, 0.25) is 0 Å². The van der Waals surface area contributed by atoms with Crippen LogP contribution in [0.5, 0.6) is 0 Å². The van der Waals surface area contributed by atoms with Crippen LogP contribution in [0.4, 0.5) is 0 Å². The minimum absolute atomic E-state index is 0.0566. The van der Waals surface area contributed by atoms with Crippen LogP contribution in [0.2, 0.25) is 10.0 Å². The summed E-state index contributed by atoms with van der Waals surface area (Å²) in [5, 5.41) is 1.43. The van der Waals surface area contributed by atoms with Gasteiger partial charge in [0.15, 0.2) is 5.43 Å². The van der Waals surface area contributed by atoms with E-state index in [1.807, 2.05) is 0 Å². The van der Waals surface area contributed by atoms with Gasteiger partial charge in [-0.25, -0.2) is 0 Å². The fourth-order valence-corrected chi connectivity index (χ4v) is 2.35. The average molecular weight is 256 g/mol. The van der Waals surface area contributed by atoms with Crippen LogP contribution >= 0.6 is 23.2 Å². The Balaban J connectivity index is 2.77. The molecule has 2 aromatic rings. The molecule has 4 heteroatoms. The van der Waals surface area contributed by atoms with Gasteiger partial charge in [0.1, 0.15) is 0 Å². The predicted molar refractivity (Wildman–Crippen MR) is 68.6 cm³/mol. The first-order valence-electron chi connectivity index (χ1n) is 5.12. The second kappa shape index (κ2) is 4.48. The molecular weight excluding hydrogens is 245 g/mol. The van der Waals surface area contributed by atoms with E-state index in [1.165, 1.54) is 0 Å². The van der Waals surface area contributed by atoms with E-state index in [0.29, 0.717) is 20.9 Å². The summed E-state index contributed by atoms with van der Waals surface area (Å²) >= 11 is 11.9. The molecule has 2 nitrogen and oxygen atoms in total. The molecule has 0 saturated heterocycles. The lowest BCUT2D eigenvalue weighted by atomic mass is 10.1.